The van der Waals surface area contributed by atoms with E-state index in [4.69, 9.17) is 0 Å². The van der Waals surface area contributed by atoms with Gasteiger partial charge in [0.05, 0.1) is 0 Å². The molecule has 6 aromatic rings. The fourth-order valence-electron chi connectivity index (χ4n) is 6.47. The highest BCUT2D eigenvalue weighted by Crippen LogP contribution is 2.54. The van der Waals surface area contributed by atoms with Crippen LogP contribution in [0.2, 0.25) is 0 Å². The van der Waals surface area contributed by atoms with Crippen LogP contribution in [0.5, 0.6) is 0 Å². The summed E-state index contributed by atoms with van der Waals surface area (Å²) in [6.07, 6.45) is 0. The summed E-state index contributed by atoms with van der Waals surface area (Å²) in [5.41, 5.74) is 10.9. The fourth-order valence-corrected chi connectivity index (χ4v) is 7.75. The molecule has 0 saturated carbocycles. The predicted octanol–water partition coefficient (Wildman–Crippen LogP) is 10.1. The van der Waals surface area contributed by atoms with Gasteiger partial charge in [-0.1, -0.05) is 123 Å². The van der Waals surface area contributed by atoms with Gasteiger partial charge in [0.2, 0.25) is 0 Å². The van der Waals surface area contributed by atoms with Crippen molar-refractivity contribution in [2.24, 2.45) is 0 Å². The van der Waals surface area contributed by atoms with Gasteiger partial charge in [0.25, 0.3) is 0 Å². The lowest BCUT2D eigenvalue weighted by molar-refractivity contribution is 0.661. The molecular weight excluding hydrogens is 452 g/mol. The Bertz CT molecular complexity index is 1890. The van der Waals surface area contributed by atoms with Crippen LogP contribution in [0.4, 0.5) is 0 Å². The Hall–Kier alpha value is -3.81. The summed E-state index contributed by atoms with van der Waals surface area (Å²) in [4.78, 5) is 2.71. The molecule has 0 nitrogen and oxygen atoms in total. The normalized spacial score (nSPS) is 14.5. The Kier molecular flexibility index (Phi) is 4.03. The summed E-state index contributed by atoms with van der Waals surface area (Å²) in [6, 6.07) is 40.7. The van der Waals surface area contributed by atoms with Crippen molar-refractivity contribution in [2.75, 3.05) is 0 Å². The molecule has 170 valence electrons. The van der Waals surface area contributed by atoms with Crippen LogP contribution >= 0.6 is 11.8 Å². The molecule has 0 saturated heterocycles. The molecule has 0 spiro atoms. The van der Waals surface area contributed by atoms with Crippen LogP contribution < -0.4 is 0 Å². The van der Waals surface area contributed by atoms with Gasteiger partial charge in [0.1, 0.15) is 0 Å². The van der Waals surface area contributed by atoms with Gasteiger partial charge in [-0.3, -0.25) is 0 Å². The highest BCUT2D eigenvalue weighted by Gasteiger charge is 2.36. The van der Waals surface area contributed by atoms with Crippen LogP contribution in [0.3, 0.4) is 0 Å². The standard InChI is InChI=1S/C35H24S/c1-35(2)29-19-16-21-8-3-4-10-24(21)33(29)28-18-15-23(20-30(28)35)25-17-14-22-9-7-12-27-26-11-5-6-13-31(26)36-34(25)32(22)27/h3-20H,1-2H3. The second-order valence-electron chi connectivity index (χ2n) is 10.5. The summed E-state index contributed by atoms with van der Waals surface area (Å²) in [5.74, 6) is 0. The number of fused-ring (bicyclic) bond motifs is 7. The summed E-state index contributed by atoms with van der Waals surface area (Å²) < 4.78 is 0. The van der Waals surface area contributed by atoms with Crippen molar-refractivity contribution >= 4 is 33.3 Å². The maximum Gasteiger partial charge on any atom is 0.0285 e. The van der Waals surface area contributed by atoms with Crippen molar-refractivity contribution in [2.45, 2.75) is 29.1 Å². The first-order chi connectivity index (χ1) is 17.6. The maximum absolute atomic E-state index is 2.46. The SMILES string of the molecule is CC1(C)c2cc(-c3ccc4cccc5c4c3Sc3ccccc3-5)ccc2-c2c1ccc1ccccc21. The van der Waals surface area contributed by atoms with E-state index >= 15 is 0 Å². The molecule has 1 heteroatoms. The third-order valence-electron chi connectivity index (χ3n) is 8.26. The molecule has 0 bridgehead atoms. The van der Waals surface area contributed by atoms with E-state index in [2.05, 4.69) is 123 Å². The first-order valence-electron chi connectivity index (χ1n) is 12.6. The number of benzene rings is 6. The van der Waals surface area contributed by atoms with E-state index in [1.165, 1.54) is 75.8 Å². The zero-order valence-electron chi connectivity index (χ0n) is 20.3. The van der Waals surface area contributed by atoms with Crippen molar-refractivity contribution < 1.29 is 0 Å². The van der Waals surface area contributed by atoms with Gasteiger partial charge in [-0.05, 0) is 72.8 Å². The van der Waals surface area contributed by atoms with E-state index in [0.29, 0.717) is 0 Å². The second kappa shape index (κ2) is 7.12. The topological polar surface area (TPSA) is 0 Å². The molecule has 0 fully saturated rings. The van der Waals surface area contributed by atoms with Crippen LogP contribution in [0.1, 0.15) is 25.0 Å². The van der Waals surface area contributed by atoms with Gasteiger partial charge in [-0.15, -0.1) is 0 Å². The zero-order valence-corrected chi connectivity index (χ0v) is 21.1. The largest absolute Gasteiger partial charge is 0.0881 e. The molecule has 6 aromatic carbocycles. The molecule has 0 atom stereocenters. The molecule has 1 aliphatic heterocycles. The smallest absolute Gasteiger partial charge is 0.0285 e. The Labute approximate surface area is 215 Å². The van der Waals surface area contributed by atoms with Crippen molar-refractivity contribution in [1.29, 1.82) is 0 Å². The van der Waals surface area contributed by atoms with Crippen molar-refractivity contribution in [1.82, 2.24) is 0 Å². The van der Waals surface area contributed by atoms with E-state index in [1.807, 2.05) is 11.8 Å². The van der Waals surface area contributed by atoms with Crippen molar-refractivity contribution in [3.8, 4) is 33.4 Å². The van der Waals surface area contributed by atoms with Crippen LogP contribution in [0.15, 0.2) is 119 Å². The minimum atomic E-state index is -0.0380. The Balaban J connectivity index is 1.38. The molecule has 2 aliphatic rings. The Morgan fingerprint density at radius 1 is 0.556 bits per heavy atom. The van der Waals surface area contributed by atoms with Crippen molar-refractivity contribution in [3.05, 3.63) is 120 Å². The second-order valence-corrected chi connectivity index (χ2v) is 11.6. The van der Waals surface area contributed by atoms with Crippen molar-refractivity contribution in [3.63, 3.8) is 0 Å². The van der Waals surface area contributed by atoms with Gasteiger partial charge in [0.15, 0.2) is 0 Å². The average molecular weight is 477 g/mol. The van der Waals surface area contributed by atoms with E-state index in [1.54, 1.807) is 0 Å². The molecule has 8 rings (SSSR count). The van der Waals surface area contributed by atoms with Gasteiger partial charge in [-0.2, -0.15) is 0 Å². The molecular formula is C35H24S. The Morgan fingerprint density at radius 2 is 1.31 bits per heavy atom. The molecule has 1 aliphatic carbocycles. The van der Waals surface area contributed by atoms with Crippen LogP contribution in [0, 0.1) is 0 Å². The molecule has 0 unspecified atom stereocenters. The number of hydrogen-bond acceptors (Lipinski definition) is 1. The first-order valence-corrected chi connectivity index (χ1v) is 13.4. The molecule has 0 aromatic heterocycles. The molecule has 0 radical (unpaired) electrons. The third-order valence-corrected chi connectivity index (χ3v) is 9.47. The number of rotatable bonds is 1. The van der Waals surface area contributed by atoms with Gasteiger partial charge < -0.3 is 0 Å². The summed E-state index contributed by atoms with van der Waals surface area (Å²) in [5, 5.41) is 5.36. The van der Waals surface area contributed by atoms with E-state index < -0.39 is 0 Å². The minimum Gasteiger partial charge on any atom is -0.0881 e. The minimum absolute atomic E-state index is 0.0380. The van der Waals surface area contributed by atoms with E-state index in [0.717, 1.165) is 0 Å². The van der Waals surface area contributed by atoms with Gasteiger partial charge >= 0.3 is 0 Å². The third kappa shape index (κ3) is 2.61. The fraction of sp³-hybridized carbons (Fsp3) is 0.0857. The van der Waals surface area contributed by atoms with Gasteiger partial charge in [-0.25, -0.2) is 0 Å². The summed E-state index contributed by atoms with van der Waals surface area (Å²) in [6.45, 7) is 4.76. The monoisotopic (exact) mass is 476 g/mol. The van der Waals surface area contributed by atoms with Crippen LogP contribution in [-0.4, -0.2) is 0 Å². The highest BCUT2D eigenvalue weighted by atomic mass is 32.2. The Morgan fingerprint density at radius 3 is 2.25 bits per heavy atom. The molecule has 36 heavy (non-hydrogen) atoms. The quantitative estimate of drug-likeness (QED) is 0.227. The van der Waals surface area contributed by atoms with Gasteiger partial charge in [0, 0.05) is 20.6 Å². The number of hydrogen-bond donors (Lipinski definition) is 0. The lowest BCUT2D eigenvalue weighted by Gasteiger charge is -2.24. The highest BCUT2D eigenvalue weighted by molar-refractivity contribution is 8.00. The lowest BCUT2D eigenvalue weighted by Crippen LogP contribution is -2.15. The lowest BCUT2D eigenvalue weighted by atomic mass is 9.81. The summed E-state index contributed by atoms with van der Waals surface area (Å²) in [7, 11) is 0. The summed E-state index contributed by atoms with van der Waals surface area (Å²) >= 11 is 1.92. The first kappa shape index (κ1) is 20.4. The predicted molar refractivity (Wildman–Crippen MR) is 154 cm³/mol. The molecule has 1 heterocycles. The zero-order chi connectivity index (χ0) is 24.0. The maximum atomic E-state index is 2.46. The molecule has 0 N–H and O–H groups in total. The van der Waals surface area contributed by atoms with Crippen LogP contribution in [-0.2, 0) is 5.41 Å². The molecule has 0 amide bonds. The van der Waals surface area contributed by atoms with E-state index in [-0.39, 0.29) is 5.41 Å². The van der Waals surface area contributed by atoms with E-state index in [9.17, 15) is 0 Å². The van der Waals surface area contributed by atoms with Crippen LogP contribution in [0.25, 0.3) is 54.9 Å². The average Bonchev–Trinajstić information content (AvgIpc) is 3.15.